The lowest BCUT2D eigenvalue weighted by atomic mass is 9.96. The first-order chi connectivity index (χ1) is 14.1. The summed E-state index contributed by atoms with van der Waals surface area (Å²) >= 11 is 0. The van der Waals surface area contributed by atoms with E-state index in [4.69, 9.17) is 1.37 Å². The minimum atomic E-state index is 0. The van der Waals surface area contributed by atoms with Crippen molar-refractivity contribution >= 4 is 24.4 Å². The van der Waals surface area contributed by atoms with Gasteiger partial charge >= 0.3 is 0 Å². The van der Waals surface area contributed by atoms with Crippen LogP contribution in [-0.4, -0.2) is 62.7 Å². The first-order valence-corrected chi connectivity index (χ1v) is 10.9. The van der Waals surface area contributed by atoms with Crippen LogP contribution in [0.25, 0.3) is 0 Å². The zero-order valence-electron chi connectivity index (χ0n) is 19.8. The fourth-order valence-electron chi connectivity index (χ4n) is 3.25. The molecule has 0 unspecified atom stereocenters. The molecule has 0 aliphatic heterocycles. The van der Waals surface area contributed by atoms with Crippen molar-refractivity contribution in [2.24, 2.45) is 20.0 Å². The first-order valence-electron chi connectivity index (χ1n) is 11.4. The van der Waals surface area contributed by atoms with Gasteiger partial charge in [-0.05, 0) is 59.7 Å². The van der Waals surface area contributed by atoms with E-state index in [1.54, 1.807) is 0 Å². The lowest BCUT2D eigenvalue weighted by molar-refractivity contribution is 0.403. The molecule has 2 saturated carbocycles. The number of rotatable bonds is 7. The minimum absolute atomic E-state index is 0. The first kappa shape index (κ1) is 30.8. The second kappa shape index (κ2) is 25.6. The van der Waals surface area contributed by atoms with E-state index in [0.717, 1.165) is 26.1 Å². The average molecular weight is 441 g/mol. The van der Waals surface area contributed by atoms with E-state index in [-0.39, 0.29) is 19.8 Å². The fraction of sp³-hybridized carbons (Fsp3) is 0.833. The summed E-state index contributed by atoms with van der Waals surface area (Å²) in [7, 11) is 4.12. The van der Waals surface area contributed by atoms with Crippen LogP contribution in [0, 0.1) is 12.8 Å². The second-order valence-corrected chi connectivity index (χ2v) is 7.55. The Hall–Kier alpha value is -1.43. The number of hydrogen-bond donors (Lipinski definition) is 0. The average Bonchev–Trinajstić information content (AvgIpc) is 2.73. The Morgan fingerprint density at radius 2 is 1.37 bits per heavy atom. The summed E-state index contributed by atoms with van der Waals surface area (Å²) in [6.45, 7) is 4.67. The molecule has 2 rings (SSSR count). The molecule has 2 fully saturated rings. The molecule has 2 aliphatic rings. The molecule has 0 saturated heterocycles. The quantitative estimate of drug-likeness (QED) is 0.261. The number of hydrogen-bond acceptors (Lipinski definition) is 5. The Bertz CT molecular complexity index is 513. The smallest absolute Gasteiger partial charge is 0.124 e. The third-order valence-corrected chi connectivity index (χ3v) is 4.80. The fourth-order valence-corrected chi connectivity index (χ4v) is 3.25. The van der Waals surface area contributed by atoms with Crippen molar-refractivity contribution in [3.63, 3.8) is 0 Å². The molecule has 0 amide bonds. The third-order valence-electron chi connectivity index (χ3n) is 4.80. The third kappa shape index (κ3) is 21.3. The van der Waals surface area contributed by atoms with Crippen LogP contribution >= 0.6 is 12.4 Å². The van der Waals surface area contributed by atoms with Gasteiger partial charge in [0.05, 0.1) is 30.6 Å². The van der Waals surface area contributed by atoms with E-state index in [1.165, 1.54) is 70.6 Å². The maximum atomic E-state index is 5.74. The van der Waals surface area contributed by atoms with Crippen molar-refractivity contribution in [2.45, 2.75) is 97.1 Å². The lowest BCUT2D eigenvalue weighted by Gasteiger charge is -2.17. The molecule has 0 atom stereocenters. The summed E-state index contributed by atoms with van der Waals surface area (Å²) in [6.07, 6.45) is 20.1. The molecule has 2 aliphatic carbocycles. The van der Waals surface area contributed by atoms with Gasteiger partial charge in [-0.1, -0.05) is 46.0 Å². The highest BCUT2D eigenvalue weighted by Gasteiger charge is 2.12. The van der Waals surface area contributed by atoms with Crippen molar-refractivity contribution in [1.82, 2.24) is 4.90 Å². The monoisotopic (exact) mass is 440 g/mol. The Morgan fingerprint density at radius 1 is 0.900 bits per heavy atom. The standard InChI is InChI=1S/C13H22N2.C8H17N3.C2H2.CH4.ClH/c1-3-7-12(8-4-1)14-11-15-13-9-5-2-6-10-13;1-4-9-8-10-6-5-7-11(2)3;1-2;;/h12-13H,1-10H2;4-7H2,1-3H3;1-2H;1H4;1H/i;;1D;;. The van der Waals surface area contributed by atoms with Gasteiger partial charge in [-0.25, -0.2) is 20.0 Å². The predicted octanol–water partition coefficient (Wildman–Crippen LogP) is 6.26. The molecular formula is C24H46ClN5. The Labute approximate surface area is 194 Å². The van der Waals surface area contributed by atoms with Gasteiger partial charge in [-0.2, -0.15) is 0 Å². The molecule has 0 aromatic carbocycles. The maximum absolute atomic E-state index is 5.74. The zero-order chi connectivity index (χ0) is 21.6. The molecule has 0 aromatic heterocycles. The van der Waals surface area contributed by atoms with Gasteiger partial charge < -0.3 is 4.90 Å². The Balaban J connectivity index is -0.000000440. The van der Waals surface area contributed by atoms with Crippen LogP contribution in [0.5, 0.6) is 0 Å². The Morgan fingerprint density at radius 3 is 1.77 bits per heavy atom. The van der Waals surface area contributed by atoms with E-state index >= 15 is 0 Å². The minimum Gasteiger partial charge on any atom is -0.309 e. The highest BCUT2D eigenvalue weighted by Crippen LogP contribution is 2.21. The van der Waals surface area contributed by atoms with Gasteiger partial charge in [0, 0.05) is 6.54 Å². The summed E-state index contributed by atoms with van der Waals surface area (Å²) < 4.78 is 5.74. The summed E-state index contributed by atoms with van der Waals surface area (Å²) in [5, 5.41) is 0. The van der Waals surface area contributed by atoms with Gasteiger partial charge in [0.15, 0.2) is 0 Å². The van der Waals surface area contributed by atoms with Crippen LogP contribution in [0.2, 0.25) is 0 Å². The van der Waals surface area contributed by atoms with Crippen LogP contribution in [0.4, 0.5) is 0 Å². The van der Waals surface area contributed by atoms with Crippen molar-refractivity contribution in [3.05, 3.63) is 0 Å². The number of aliphatic imine (C=N–C) groups is 4. The Kier molecular flexibility index (Phi) is 26.3. The van der Waals surface area contributed by atoms with Crippen molar-refractivity contribution in [3.8, 4) is 12.8 Å². The molecular weight excluding hydrogens is 394 g/mol. The highest BCUT2D eigenvalue weighted by molar-refractivity contribution is 5.85. The number of halogens is 1. The molecule has 0 bridgehead atoms. The van der Waals surface area contributed by atoms with E-state index in [0.29, 0.717) is 12.1 Å². The zero-order valence-corrected chi connectivity index (χ0v) is 19.6. The molecule has 6 heteroatoms. The van der Waals surface area contributed by atoms with E-state index in [9.17, 15) is 0 Å². The SMILES string of the molecule is C.C(=NC1CCCCC1)=NC1CCCCC1.CCN=C=NCCCN(C)C.Cl.[2H]C#C. The molecule has 0 radical (unpaired) electrons. The van der Waals surface area contributed by atoms with E-state index < -0.39 is 0 Å². The molecule has 0 aromatic rings. The van der Waals surface area contributed by atoms with Crippen molar-refractivity contribution in [1.29, 1.82) is 0 Å². The van der Waals surface area contributed by atoms with Gasteiger partial charge in [0.1, 0.15) is 1.37 Å². The van der Waals surface area contributed by atoms with Crippen LogP contribution in [-0.2, 0) is 0 Å². The van der Waals surface area contributed by atoms with Crippen molar-refractivity contribution < 1.29 is 1.37 Å². The summed E-state index contributed by atoms with van der Waals surface area (Å²) in [5.41, 5.74) is 0. The molecule has 5 nitrogen and oxygen atoms in total. The second-order valence-electron chi connectivity index (χ2n) is 7.55. The molecule has 0 N–H and O–H groups in total. The summed E-state index contributed by atoms with van der Waals surface area (Å²) in [6, 6.07) is 6.68. The van der Waals surface area contributed by atoms with Crippen molar-refractivity contribution in [2.75, 3.05) is 33.7 Å². The molecule has 30 heavy (non-hydrogen) atoms. The normalized spacial score (nSPS) is 16.0. The number of nitrogens with zero attached hydrogens (tertiary/aromatic N) is 5. The van der Waals surface area contributed by atoms with Gasteiger partial charge in [-0.3, -0.25) is 0 Å². The van der Waals surface area contributed by atoms with Gasteiger partial charge in [0.25, 0.3) is 0 Å². The lowest BCUT2D eigenvalue weighted by Crippen LogP contribution is -2.13. The number of terminal acetylenes is 1. The molecule has 0 heterocycles. The topological polar surface area (TPSA) is 52.7 Å². The van der Waals surface area contributed by atoms with Crippen LogP contribution < -0.4 is 0 Å². The van der Waals surface area contributed by atoms with Gasteiger partial charge in [-0.15, -0.1) is 25.2 Å². The van der Waals surface area contributed by atoms with Gasteiger partial charge in [0.2, 0.25) is 0 Å². The molecule has 174 valence electrons. The summed E-state index contributed by atoms with van der Waals surface area (Å²) in [4.78, 5) is 18.9. The maximum Gasteiger partial charge on any atom is 0.124 e. The van der Waals surface area contributed by atoms with Crippen LogP contribution in [0.15, 0.2) is 20.0 Å². The van der Waals surface area contributed by atoms with E-state index in [1.807, 2.05) is 6.92 Å². The highest BCUT2D eigenvalue weighted by atomic mass is 35.5. The largest absolute Gasteiger partial charge is 0.309 e. The predicted molar refractivity (Wildman–Crippen MR) is 136 cm³/mol. The molecule has 0 spiro atoms. The van der Waals surface area contributed by atoms with E-state index in [2.05, 4.69) is 57.4 Å². The van der Waals surface area contributed by atoms with Crippen LogP contribution in [0.1, 0.15) is 86.4 Å². The summed E-state index contributed by atoms with van der Waals surface area (Å²) in [5.74, 6) is 0. The van der Waals surface area contributed by atoms with Crippen LogP contribution in [0.3, 0.4) is 0 Å².